The molecule has 0 radical (unpaired) electrons. The number of ketones is 1. The molecule has 1 aliphatic carbocycles. The average molecular weight is 814 g/mol. The highest BCUT2D eigenvalue weighted by atomic mass is 16.5. The summed E-state index contributed by atoms with van der Waals surface area (Å²) in [5.74, 6) is -2.21. The second-order valence-corrected chi connectivity index (χ2v) is 16.0. The van der Waals surface area contributed by atoms with E-state index < -0.39 is 35.1 Å². The van der Waals surface area contributed by atoms with Crippen LogP contribution in [0.15, 0.2) is 48.5 Å². The lowest BCUT2D eigenvalue weighted by atomic mass is 9.70. The number of rotatable bonds is 13. The van der Waals surface area contributed by atoms with Crippen LogP contribution >= 0.6 is 0 Å². The minimum Gasteiger partial charge on any atom is -0.382 e. The van der Waals surface area contributed by atoms with Crippen LogP contribution in [-0.2, 0) is 35.7 Å². The predicted octanol–water partition coefficient (Wildman–Crippen LogP) is 4.06. The zero-order valence-corrected chi connectivity index (χ0v) is 33.9. The maximum atomic E-state index is 14.0. The van der Waals surface area contributed by atoms with Crippen molar-refractivity contribution in [3.05, 3.63) is 93.2 Å². The van der Waals surface area contributed by atoms with Crippen molar-refractivity contribution >= 4 is 57.6 Å². The van der Waals surface area contributed by atoms with Gasteiger partial charge in [0.15, 0.2) is 5.78 Å². The van der Waals surface area contributed by atoms with Crippen molar-refractivity contribution in [3.8, 4) is 6.07 Å². The van der Waals surface area contributed by atoms with Gasteiger partial charge in [-0.3, -0.25) is 39.0 Å². The van der Waals surface area contributed by atoms with E-state index in [0.717, 1.165) is 44.7 Å². The van der Waals surface area contributed by atoms with Gasteiger partial charge in [-0.15, -0.1) is 0 Å². The van der Waals surface area contributed by atoms with Gasteiger partial charge in [-0.2, -0.15) is 5.26 Å². The summed E-state index contributed by atoms with van der Waals surface area (Å²) in [4.78, 5) is 86.1. The van der Waals surface area contributed by atoms with E-state index in [4.69, 9.17) is 9.47 Å². The first-order valence-electron chi connectivity index (χ1n) is 20.5. The molecule has 15 heteroatoms. The molecular weight excluding hydrogens is 767 g/mol. The van der Waals surface area contributed by atoms with Crippen molar-refractivity contribution in [3.63, 3.8) is 0 Å². The summed E-state index contributed by atoms with van der Waals surface area (Å²) in [6.45, 7) is 10.3. The van der Waals surface area contributed by atoms with Crippen LogP contribution in [-0.4, -0.2) is 115 Å². The van der Waals surface area contributed by atoms with Crippen LogP contribution in [0.25, 0.3) is 10.9 Å². The lowest BCUT2D eigenvalue weighted by molar-refractivity contribution is -0.136. The number of piperidine rings is 1. The van der Waals surface area contributed by atoms with E-state index in [1.807, 2.05) is 11.0 Å². The molecule has 2 fully saturated rings. The fourth-order valence-electron chi connectivity index (χ4n) is 8.91. The van der Waals surface area contributed by atoms with Gasteiger partial charge in [0.2, 0.25) is 17.7 Å². The van der Waals surface area contributed by atoms with Crippen molar-refractivity contribution in [2.45, 2.75) is 57.9 Å². The second kappa shape index (κ2) is 16.4. The summed E-state index contributed by atoms with van der Waals surface area (Å²) in [6, 6.07) is 15.7. The molecule has 1 unspecified atom stereocenters. The summed E-state index contributed by atoms with van der Waals surface area (Å²) in [6.07, 6.45) is 1.14. The Morgan fingerprint density at radius 1 is 0.917 bits per heavy atom. The highest BCUT2D eigenvalue weighted by Crippen LogP contribution is 2.46. The Bertz CT molecular complexity index is 2490. The van der Waals surface area contributed by atoms with Gasteiger partial charge in [-0.1, -0.05) is 32.9 Å². The number of amides is 5. The van der Waals surface area contributed by atoms with Crippen molar-refractivity contribution < 1.29 is 38.2 Å². The molecule has 5 amide bonds. The molecule has 2 saturated heterocycles. The Hall–Kier alpha value is -6.37. The topological polar surface area (TPSA) is 194 Å². The quantitative estimate of drug-likeness (QED) is 0.130. The third-order valence-electron chi connectivity index (χ3n) is 12.1. The molecule has 0 saturated carbocycles. The van der Waals surface area contributed by atoms with E-state index in [2.05, 4.69) is 59.5 Å². The van der Waals surface area contributed by atoms with Gasteiger partial charge in [-0.05, 0) is 60.4 Å². The van der Waals surface area contributed by atoms with Crippen LogP contribution in [0.3, 0.4) is 0 Å². The van der Waals surface area contributed by atoms with E-state index in [0.29, 0.717) is 74.9 Å². The highest BCUT2D eigenvalue weighted by molar-refractivity contribution is 6.25. The summed E-state index contributed by atoms with van der Waals surface area (Å²) in [5, 5.41) is 15.6. The Balaban J connectivity index is 0.777. The van der Waals surface area contributed by atoms with Crippen molar-refractivity contribution in [1.29, 1.82) is 5.26 Å². The zero-order chi connectivity index (χ0) is 42.3. The fourth-order valence-corrected chi connectivity index (χ4v) is 8.91. The van der Waals surface area contributed by atoms with Crippen LogP contribution in [0.4, 0.5) is 11.4 Å². The van der Waals surface area contributed by atoms with Crippen LogP contribution in [0, 0.1) is 11.3 Å². The first-order chi connectivity index (χ1) is 28.9. The SMILES string of the molecule is CCc1cc2c(cc1N1CCN(C(=O)CCOCCOCCNc3cccc4c3C(=O)N(C3CCC(=O)NC3=O)C4=O)CC1)C(C)(C)c1[nH]c3cc(C#N)ccc3c1C2=O. The highest BCUT2D eigenvalue weighted by Gasteiger charge is 2.46. The van der Waals surface area contributed by atoms with Crippen molar-refractivity contribution in [2.24, 2.45) is 0 Å². The summed E-state index contributed by atoms with van der Waals surface area (Å²) < 4.78 is 11.4. The third-order valence-corrected chi connectivity index (χ3v) is 12.1. The number of aromatic amines is 1. The monoisotopic (exact) mass is 813 g/mol. The van der Waals surface area contributed by atoms with Gasteiger partial charge in [0.25, 0.3) is 11.8 Å². The number of anilines is 2. The summed E-state index contributed by atoms with van der Waals surface area (Å²) >= 11 is 0. The molecule has 15 nitrogen and oxygen atoms in total. The molecule has 0 spiro atoms. The minimum absolute atomic E-state index is 0.00947. The number of imide groups is 2. The number of hydrogen-bond donors (Lipinski definition) is 3. The van der Waals surface area contributed by atoms with Gasteiger partial charge in [0, 0.05) is 78.1 Å². The second-order valence-electron chi connectivity index (χ2n) is 16.0. The molecule has 3 N–H and O–H groups in total. The number of aryl methyl sites for hydroxylation is 1. The number of carbonyl (C=O) groups excluding carboxylic acids is 6. The van der Waals surface area contributed by atoms with E-state index >= 15 is 0 Å². The maximum absolute atomic E-state index is 14.0. The smallest absolute Gasteiger partial charge is 0.264 e. The molecule has 1 atom stereocenters. The number of ether oxygens (including phenoxy) is 2. The zero-order valence-electron chi connectivity index (χ0n) is 33.9. The van der Waals surface area contributed by atoms with E-state index in [9.17, 15) is 34.0 Å². The van der Waals surface area contributed by atoms with Gasteiger partial charge < -0.3 is 29.6 Å². The van der Waals surface area contributed by atoms with Crippen LogP contribution < -0.4 is 15.5 Å². The Morgan fingerprint density at radius 3 is 2.42 bits per heavy atom. The Labute approximate surface area is 347 Å². The molecule has 3 aliphatic heterocycles. The van der Waals surface area contributed by atoms with Crippen LogP contribution in [0.5, 0.6) is 0 Å². The number of benzene rings is 3. The number of piperazine rings is 1. The van der Waals surface area contributed by atoms with E-state index in [1.54, 1.807) is 30.3 Å². The van der Waals surface area contributed by atoms with E-state index in [-0.39, 0.29) is 48.7 Å². The first kappa shape index (κ1) is 40.4. The molecular formula is C45H47N7O8. The lowest BCUT2D eigenvalue weighted by Gasteiger charge is -2.39. The number of nitrogens with one attached hydrogen (secondary N) is 3. The molecule has 4 aliphatic rings. The van der Waals surface area contributed by atoms with Gasteiger partial charge in [0.05, 0.1) is 61.2 Å². The maximum Gasteiger partial charge on any atom is 0.264 e. The number of carbonyl (C=O) groups is 6. The average Bonchev–Trinajstić information content (AvgIpc) is 3.77. The van der Waals surface area contributed by atoms with Gasteiger partial charge >= 0.3 is 0 Å². The number of nitrogens with zero attached hydrogens (tertiary/aromatic N) is 4. The largest absolute Gasteiger partial charge is 0.382 e. The number of fused-ring (bicyclic) bond motifs is 5. The summed E-state index contributed by atoms with van der Waals surface area (Å²) in [7, 11) is 0. The summed E-state index contributed by atoms with van der Waals surface area (Å²) in [5.41, 5.74) is 7.06. The Morgan fingerprint density at radius 2 is 1.68 bits per heavy atom. The molecule has 4 aromatic rings. The number of hydrogen-bond acceptors (Lipinski definition) is 11. The minimum atomic E-state index is -1.03. The standard InChI is InChI=1S/C45H47N7O8/c1-4-27-23-30-31(45(2,3)41-39(40(30)55)28-9-8-26(25-46)22-33(28)48-41)24-35(27)50-14-16-51(17-15-50)37(54)12-18-59-20-21-60-19-13-47-32-7-5-6-29-38(32)44(58)52(43(29)57)34-10-11-36(53)49-42(34)56/h5-9,22-24,34,47-48H,4,10-21H2,1-3H3,(H,49,53,56). The Kier molecular flexibility index (Phi) is 11.0. The molecule has 1 aromatic heterocycles. The molecule has 0 bridgehead atoms. The van der Waals surface area contributed by atoms with Crippen LogP contribution in [0.1, 0.15) is 99.1 Å². The lowest BCUT2D eigenvalue weighted by Crippen LogP contribution is -2.54. The van der Waals surface area contributed by atoms with Gasteiger partial charge in [-0.25, -0.2) is 0 Å². The van der Waals surface area contributed by atoms with E-state index in [1.165, 1.54) is 0 Å². The fraction of sp³-hybridized carbons (Fsp3) is 0.400. The molecule has 60 heavy (non-hydrogen) atoms. The van der Waals surface area contributed by atoms with Crippen LogP contribution in [0.2, 0.25) is 0 Å². The predicted molar refractivity (Wildman–Crippen MR) is 221 cm³/mol. The molecule has 8 rings (SSSR count). The van der Waals surface area contributed by atoms with Crippen molar-refractivity contribution in [2.75, 3.05) is 69.4 Å². The third kappa shape index (κ3) is 7.19. The molecule has 4 heterocycles. The number of aromatic nitrogens is 1. The number of H-pyrrole nitrogens is 1. The molecule has 3 aromatic carbocycles. The molecule has 310 valence electrons. The number of nitriles is 1. The normalized spacial score (nSPS) is 18.3. The van der Waals surface area contributed by atoms with Crippen molar-refractivity contribution in [1.82, 2.24) is 20.1 Å². The van der Waals surface area contributed by atoms with Gasteiger partial charge in [0.1, 0.15) is 6.04 Å². The first-order valence-corrected chi connectivity index (χ1v) is 20.5.